The quantitative estimate of drug-likeness (QED) is 0.611. The maximum Gasteiger partial charge on any atom is 0.275 e. The summed E-state index contributed by atoms with van der Waals surface area (Å²) < 4.78 is 0. The molecule has 1 amide bonds. The molecule has 0 aliphatic heterocycles. The highest BCUT2D eigenvalue weighted by atomic mass is 32.1. The van der Waals surface area contributed by atoms with Gasteiger partial charge in [0.2, 0.25) is 0 Å². The Kier molecular flexibility index (Phi) is 3.91. The van der Waals surface area contributed by atoms with E-state index in [1.807, 2.05) is 37.3 Å². The van der Waals surface area contributed by atoms with Gasteiger partial charge in [0.1, 0.15) is 16.4 Å². The molecule has 0 saturated heterocycles. The predicted molar refractivity (Wildman–Crippen MR) is 97.6 cm³/mol. The van der Waals surface area contributed by atoms with E-state index in [2.05, 4.69) is 25.3 Å². The van der Waals surface area contributed by atoms with Crippen LogP contribution in [0.1, 0.15) is 16.2 Å². The SMILES string of the molecule is Cc1cc(NC(=O)c2csc(-c3cnccn3)n2)c2ccccc2n1. The number of rotatable bonds is 3. The molecular formula is C18H13N5OS. The largest absolute Gasteiger partial charge is 0.320 e. The smallest absolute Gasteiger partial charge is 0.275 e. The fourth-order valence-electron chi connectivity index (χ4n) is 2.50. The van der Waals surface area contributed by atoms with E-state index in [0.717, 1.165) is 22.3 Å². The van der Waals surface area contributed by atoms with Gasteiger partial charge in [-0.3, -0.25) is 19.7 Å². The van der Waals surface area contributed by atoms with Crippen molar-refractivity contribution in [3.63, 3.8) is 0 Å². The van der Waals surface area contributed by atoms with E-state index in [1.54, 1.807) is 24.0 Å². The molecule has 0 radical (unpaired) electrons. The molecule has 0 spiro atoms. The Balaban J connectivity index is 1.64. The number of thiazole rings is 1. The second-order valence-electron chi connectivity index (χ2n) is 5.41. The third-order valence-electron chi connectivity index (χ3n) is 3.61. The lowest BCUT2D eigenvalue weighted by Crippen LogP contribution is -2.13. The molecule has 6 nitrogen and oxygen atoms in total. The Bertz CT molecular complexity index is 1060. The number of nitrogens with zero attached hydrogens (tertiary/aromatic N) is 4. The van der Waals surface area contributed by atoms with Gasteiger partial charge in [-0.1, -0.05) is 18.2 Å². The first kappa shape index (κ1) is 15.3. The molecule has 1 aromatic carbocycles. The van der Waals surface area contributed by atoms with Crippen LogP contribution in [0.2, 0.25) is 0 Å². The van der Waals surface area contributed by atoms with E-state index in [1.165, 1.54) is 11.3 Å². The number of anilines is 1. The Hall–Kier alpha value is -3.19. The van der Waals surface area contributed by atoms with Gasteiger partial charge < -0.3 is 5.32 Å². The molecule has 0 aliphatic rings. The summed E-state index contributed by atoms with van der Waals surface area (Å²) in [5.41, 5.74) is 3.41. The zero-order chi connectivity index (χ0) is 17.2. The van der Waals surface area contributed by atoms with Crippen LogP contribution in [0.4, 0.5) is 5.69 Å². The summed E-state index contributed by atoms with van der Waals surface area (Å²) >= 11 is 1.36. The normalized spacial score (nSPS) is 10.8. The molecule has 3 aromatic heterocycles. The number of aryl methyl sites for hydroxylation is 1. The Morgan fingerprint density at radius 2 is 2.04 bits per heavy atom. The standard InChI is InChI=1S/C18H13N5OS/c1-11-8-14(12-4-2-3-5-13(12)21-11)22-17(24)16-10-25-18(23-16)15-9-19-6-7-20-15/h2-10H,1H3,(H,21,22,24). The van der Waals surface area contributed by atoms with Crippen LogP contribution in [-0.4, -0.2) is 25.8 Å². The number of aromatic nitrogens is 4. The van der Waals surface area contributed by atoms with Crippen molar-refractivity contribution in [2.24, 2.45) is 0 Å². The van der Waals surface area contributed by atoms with Crippen LogP contribution in [0.15, 0.2) is 54.3 Å². The average molecular weight is 347 g/mol. The monoisotopic (exact) mass is 347 g/mol. The van der Waals surface area contributed by atoms with Crippen LogP contribution < -0.4 is 5.32 Å². The second kappa shape index (κ2) is 6.37. The van der Waals surface area contributed by atoms with Gasteiger partial charge in [-0.25, -0.2) is 4.98 Å². The van der Waals surface area contributed by atoms with Crippen LogP contribution in [0.25, 0.3) is 21.6 Å². The maximum absolute atomic E-state index is 12.6. The van der Waals surface area contributed by atoms with E-state index < -0.39 is 0 Å². The lowest BCUT2D eigenvalue weighted by molar-refractivity contribution is 0.102. The number of para-hydroxylation sites is 1. The molecule has 25 heavy (non-hydrogen) atoms. The highest BCUT2D eigenvalue weighted by Crippen LogP contribution is 2.25. The molecular weight excluding hydrogens is 334 g/mol. The number of hydrogen-bond acceptors (Lipinski definition) is 6. The predicted octanol–water partition coefficient (Wildman–Crippen LogP) is 3.71. The van der Waals surface area contributed by atoms with Gasteiger partial charge in [0.05, 0.1) is 17.4 Å². The molecule has 0 aliphatic carbocycles. The minimum Gasteiger partial charge on any atom is -0.320 e. The van der Waals surface area contributed by atoms with Crippen molar-refractivity contribution in [1.29, 1.82) is 0 Å². The van der Waals surface area contributed by atoms with Gasteiger partial charge in [0.15, 0.2) is 0 Å². The van der Waals surface area contributed by atoms with Crippen molar-refractivity contribution >= 4 is 33.8 Å². The van der Waals surface area contributed by atoms with Crippen LogP contribution >= 0.6 is 11.3 Å². The topological polar surface area (TPSA) is 80.7 Å². The molecule has 4 rings (SSSR count). The van der Waals surface area contributed by atoms with E-state index in [4.69, 9.17) is 0 Å². The fraction of sp³-hybridized carbons (Fsp3) is 0.0556. The number of fused-ring (bicyclic) bond motifs is 1. The average Bonchev–Trinajstić information content (AvgIpc) is 3.12. The molecule has 4 aromatic rings. The number of pyridine rings is 1. The van der Waals surface area contributed by atoms with Gasteiger partial charge in [-0.15, -0.1) is 11.3 Å². The number of carbonyl (C=O) groups is 1. The van der Waals surface area contributed by atoms with Crippen LogP contribution in [-0.2, 0) is 0 Å². The van der Waals surface area contributed by atoms with Gasteiger partial charge in [-0.05, 0) is 19.1 Å². The summed E-state index contributed by atoms with van der Waals surface area (Å²) in [7, 11) is 0. The highest BCUT2D eigenvalue weighted by Gasteiger charge is 2.14. The third kappa shape index (κ3) is 3.09. The van der Waals surface area contributed by atoms with Crippen molar-refractivity contribution < 1.29 is 4.79 Å². The molecule has 1 N–H and O–H groups in total. The minimum atomic E-state index is -0.262. The zero-order valence-corrected chi connectivity index (χ0v) is 14.1. The summed E-state index contributed by atoms with van der Waals surface area (Å²) in [6.45, 7) is 1.90. The molecule has 122 valence electrons. The van der Waals surface area contributed by atoms with Crippen molar-refractivity contribution in [2.75, 3.05) is 5.32 Å². The Labute approximate surface area is 147 Å². The number of carbonyl (C=O) groups excluding carboxylic acids is 1. The van der Waals surface area contributed by atoms with Crippen LogP contribution in [0.5, 0.6) is 0 Å². The first-order chi connectivity index (χ1) is 12.2. The summed E-state index contributed by atoms with van der Waals surface area (Å²) in [6.07, 6.45) is 4.82. The number of benzene rings is 1. The van der Waals surface area contributed by atoms with Gasteiger partial charge in [-0.2, -0.15) is 0 Å². The third-order valence-corrected chi connectivity index (χ3v) is 4.48. The molecule has 0 atom stereocenters. The molecule has 0 bridgehead atoms. The molecule has 0 unspecified atom stereocenters. The van der Waals surface area contributed by atoms with Crippen LogP contribution in [0, 0.1) is 6.92 Å². The van der Waals surface area contributed by atoms with Crippen molar-refractivity contribution in [3.05, 3.63) is 65.7 Å². The lowest BCUT2D eigenvalue weighted by Gasteiger charge is -2.08. The first-order valence-electron chi connectivity index (χ1n) is 7.60. The molecule has 3 heterocycles. The van der Waals surface area contributed by atoms with Crippen LogP contribution in [0.3, 0.4) is 0 Å². The van der Waals surface area contributed by atoms with Gasteiger partial charge in [0.25, 0.3) is 5.91 Å². The number of amides is 1. The van der Waals surface area contributed by atoms with E-state index in [9.17, 15) is 4.79 Å². The Morgan fingerprint density at radius 1 is 1.16 bits per heavy atom. The van der Waals surface area contributed by atoms with Gasteiger partial charge in [0, 0.05) is 28.9 Å². The lowest BCUT2D eigenvalue weighted by atomic mass is 10.1. The van der Waals surface area contributed by atoms with Crippen molar-refractivity contribution in [3.8, 4) is 10.7 Å². The molecule has 0 fully saturated rings. The maximum atomic E-state index is 12.6. The summed E-state index contributed by atoms with van der Waals surface area (Å²) in [4.78, 5) is 29.7. The summed E-state index contributed by atoms with van der Waals surface area (Å²) in [5.74, 6) is -0.262. The molecule has 0 saturated carbocycles. The zero-order valence-electron chi connectivity index (χ0n) is 13.3. The van der Waals surface area contributed by atoms with E-state index in [-0.39, 0.29) is 5.91 Å². The summed E-state index contributed by atoms with van der Waals surface area (Å²) in [5, 5.41) is 6.21. The first-order valence-corrected chi connectivity index (χ1v) is 8.48. The van der Waals surface area contributed by atoms with Crippen molar-refractivity contribution in [2.45, 2.75) is 6.92 Å². The molecule has 7 heteroatoms. The second-order valence-corrected chi connectivity index (χ2v) is 6.27. The number of hydrogen-bond donors (Lipinski definition) is 1. The fourth-order valence-corrected chi connectivity index (χ4v) is 3.26. The minimum absolute atomic E-state index is 0.262. The number of nitrogens with one attached hydrogen (secondary N) is 1. The van der Waals surface area contributed by atoms with Crippen molar-refractivity contribution in [1.82, 2.24) is 19.9 Å². The summed E-state index contributed by atoms with van der Waals surface area (Å²) in [6, 6.07) is 9.56. The van der Waals surface area contributed by atoms with E-state index in [0.29, 0.717) is 16.4 Å². The van der Waals surface area contributed by atoms with E-state index >= 15 is 0 Å². The van der Waals surface area contributed by atoms with Gasteiger partial charge >= 0.3 is 0 Å². The Morgan fingerprint density at radius 3 is 2.88 bits per heavy atom. The highest BCUT2D eigenvalue weighted by molar-refractivity contribution is 7.13.